The van der Waals surface area contributed by atoms with Crippen LogP contribution in [0.2, 0.25) is 5.02 Å². The number of halogens is 3. The van der Waals surface area contributed by atoms with E-state index in [1.54, 1.807) is 18.7 Å². The van der Waals surface area contributed by atoms with Crippen molar-refractivity contribution in [2.75, 3.05) is 19.0 Å². The van der Waals surface area contributed by atoms with Crippen LogP contribution in [0, 0.1) is 22.7 Å². The number of aliphatic hydroxyl groups is 2. The van der Waals surface area contributed by atoms with Crippen LogP contribution in [0.3, 0.4) is 0 Å². The van der Waals surface area contributed by atoms with Crippen LogP contribution in [0.4, 0.5) is 14.5 Å². The SMILES string of the molecule is CNc1ccc(SCc2ccc([C@H]3O[C@@H]4C[C@H]5[C@@H]6C[C@H](F)C7=CC(=O)C=C[C@]7(C)[C@@]6(F)[C@@H](O)C[C@]5(C)[C@]4(C(=O)CO)O3)cc2)cc1Cl. The van der Waals surface area contributed by atoms with Crippen molar-refractivity contribution in [2.45, 2.75) is 79.7 Å². The number of aliphatic hydroxyl groups excluding tert-OH is 2. The zero-order valence-electron chi connectivity index (χ0n) is 26.3. The van der Waals surface area contributed by atoms with Crippen molar-refractivity contribution in [1.82, 2.24) is 0 Å². The van der Waals surface area contributed by atoms with Crippen LogP contribution in [0.25, 0.3) is 0 Å². The van der Waals surface area contributed by atoms with Crippen LogP contribution in [-0.2, 0) is 24.8 Å². The van der Waals surface area contributed by atoms with Gasteiger partial charge in [-0.15, -0.1) is 11.8 Å². The van der Waals surface area contributed by atoms with E-state index in [1.807, 2.05) is 49.5 Å². The smallest absolute Gasteiger partial charge is 0.193 e. The van der Waals surface area contributed by atoms with Crippen molar-refractivity contribution < 1.29 is 38.1 Å². The molecule has 5 aliphatic rings. The first-order chi connectivity index (χ1) is 22.3. The first-order valence-electron chi connectivity index (χ1n) is 15.9. The predicted molar refractivity (Wildman–Crippen MR) is 175 cm³/mol. The van der Waals surface area contributed by atoms with E-state index < -0.39 is 76.8 Å². The van der Waals surface area contributed by atoms with E-state index in [4.69, 9.17) is 21.1 Å². The molecule has 4 fully saturated rings. The maximum absolute atomic E-state index is 17.6. The van der Waals surface area contributed by atoms with Crippen molar-refractivity contribution >= 4 is 40.6 Å². The lowest BCUT2D eigenvalue weighted by Gasteiger charge is -2.63. The van der Waals surface area contributed by atoms with Gasteiger partial charge in [-0.05, 0) is 73.6 Å². The topological polar surface area (TPSA) is 105 Å². The average molecular weight is 686 g/mol. The Labute approximate surface area is 281 Å². The van der Waals surface area contributed by atoms with Gasteiger partial charge in [-0.1, -0.05) is 48.9 Å². The number of allylic oxidation sites excluding steroid dienone is 4. The molecule has 1 saturated heterocycles. The van der Waals surface area contributed by atoms with E-state index in [2.05, 4.69) is 5.32 Å². The lowest BCUT2D eigenvalue weighted by atomic mass is 9.44. The fraction of sp³-hybridized carbons (Fsp3) is 0.500. The number of hydrogen-bond acceptors (Lipinski definition) is 8. The highest BCUT2D eigenvalue weighted by Crippen LogP contribution is 2.72. The molecule has 47 heavy (non-hydrogen) atoms. The molecule has 11 heteroatoms. The number of ether oxygens (including phenoxy) is 2. The number of rotatable bonds is 7. The third-order valence-electron chi connectivity index (χ3n) is 11.8. The molecular formula is C36H38ClF2NO6S. The van der Waals surface area contributed by atoms with Gasteiger partial charge in [-0.2, -0.15) is 0 Å². The van der Waals surface area contributed by atoms with E-state index in [1.165, 1.54) is 19.1 Å². The number of nitrogens with one attached hydrogen (secondary N) is 1. The van der Waals surface area contributed by atoms with Gasteiger partial charge in [0.25, 0.3) is 0 Å². The Morgan fingerprint density at radius 3 is 2.57 bits per heavy atom. The van der Waals surface area contributed by atoms with Crippen molar-refractivity contribution in [3.63, 3.8) is 0 Å². The third kappa shape index (κ3) is 4.58. The molecule has 250 valence electrons. The number of alkyl halides is 2. The molecule has 0 aromatic heterocycles. The zero-order chi connectivity index (χ0) is 33.5. The number of thioether (sulfide) groups is 1. The van der Waals surface area contributed by atoms with Gasteiger partial charge in [0.1, 0.15) is 12.8 Å². The molecule has 2 aromatic rings. The lowest BCUT2D eigenvalue weighted by Crippen LogP contribution is -2.70. The number of ketones is 2. The molecule has 7 nitrogen and oxygen atoms in total. The molecular weight excluding hydrogens is 648 g/mol. The van der Waals surface area contributed by atoms with E-state index in [9.17, 15) is 19.8 Å². The van der Waals surface area contributed by atoms with Crippen LogP contribution in [0.1, 0.15) is 50.5 Å². The van der Waals surface area contributed by atoms with Crippen molar-refractivity contribution in [3.8, 4) is 0 Å². The zero-order valence-corrected chi connectivity index (χ0v) is 27.9. The van der Waals surface area contributed by atoms with Gasteiger partial charge >= 0.3 is 0 Å². The summed E-state index contributed by atoms with van der Waals surface area (Å²) in [5.74, 6) is -1.92. The van der Waals surface area contributed by atoms with Crippen LogP contribution < -0.4 is 5.32 Å². The number of carbonyl (C=O) groups excluding carboxylic acids is 2. The number of carbonyl (C=O) groups is 2. The molecule has 1 aliphatic heterocycles. The normalized spacial score (nSPS) is 40.3. The number of fused-ring (bicyclic) bond motifs is 7. The molecule has 2 aromatic carbocycles. The summed E-state index contributed by atoms with van der Waals surface area (Å²) in [6, 6.07) is 13.5. The Hall–Kier alpha value is -2.60. The summed E-state index contributed by atoms with van der Waals surface area (Å²) in [5, 5.41) is 25.6. The highest BCUT2D eigenvalue weighted by molar-refractivity contribution is 7.98. The maximum Gasteiger partial charge on any atom is 0.193 e. The average Bonchev–Trinajstić information content (AvgIpc) is 3.55. The first kappa shape index (κ1) is 32.9. The lowest BCUT2D eigenvalue weighted by molar-refractivity contribution is -0.235. The molecule has 0 radical (unpaired) electrons. The molecule has 4 aliphatic carbocycles. The molecule has 1 heterocycles. The van der Waals surface area contributed by atoms with Gasteiger partial charge in [-0.25, -0.2) is 8.78 Å². The minimum atomic E-state index is -2.29. The number of hydrogen-bond donors (Lipinski definition) is 3. The van der Waals surface area contributed by atoms with E-state index in [0.29, 0.717) is 16.3 Å². The van der Waals surface area contributed by atoms with E-state index in [-0.39, 0.29) is 24.8 Å². The predicted octanol–water partition coefficient (Wildman–Crippen LogP) is 6.32. The molecule has 0 spiro atoms. The third-order valence-corrected chi connectivity index (χ3v) is 13.2. The molecule has 10 atom stereocenters. The van der Waals surface area contributed by atoms with Gasteiger partial charge in [-0.3, -0.25) is 9.59 Å². The van der Waals surface area contributed by atoms with Crippen molar-refractivity contribution in [1.29, 1.82) is 0 Å². The fourth-order valence-corrected chi connectivity index (χ4v) is 10.7. The van der Waals surface area contributed by atoms with Gasteiger partial charge in [0.05, 0.1) is 22.9 Å². The summed E-state index contributed by atoms with van der Waals surface area (Å²) in [6.07, 6.45) is -1.42. The standard InChI is InChI=1S/C36H38ClF2NO6S/c1-33-11-10-21(42)12-25(33)27(38)14-24-23-15-31-36(30(44)17-41,34(23,2)16-29(43)35(24,33)39)46-32(45-31)20-6-4-19(5-7-20)18-47-22-8-9-28(40-3)26(37)13-22/h4-13,23-24,27,29,31-32,40-41,43H,14-18H2,1-3H3/t23-,24-,27-,29-,31+,32-,33-,34-,35-,36+/m0/s1. The number of anilines is 1. The summed E-state index contributed by atoms with van der Waals surface area (Å²) >= 11 is 7.97. The second kappa shape index (κ2) is 11.5. The molecule has 0 unspecified atom stereocenters. The minimum Gasteiger partial charge on any atom is -0.390 e. The Kier molecular flexibility index (Phi) is 8.05. The van der Waals surface area contributed by atoms with Crippen LogP contribution in [-0.4, -0.2) is 65.1 Å². The Balaban J connectivity index is 1.15. The van der Waals surface area contributed by atoms with Gasteiger partial charge in [0.15, 0.2) is 29.1 Å². The fourth-order valence-electron chi connectivity index (χ4n) is 9.44. The Morgan fingerprint density at radius 1 is 1.15 bits per heavy atom. The second-order valence-corrected chi connectivity index (χ2v) is 15.4. The summed E-state index contributed by atoms with van der Waals surface area (Å²) in [4.78, 5) is 26.9. The van der Waals surface area contributed by atoms with E-state index >= 15 is 8.78 Å². The summed E-state index contributed by atoms with van der Waals surface area (Å²) < 4.78 is 46.4. The van der Waals surface area contributed by atoms with Gasteiger partial charge in [0.2, 0.25) is 0 Å². The number of Topliss-reactive ketones (excluding diaryl/α,β-unsaturated/α-hetero) is 1. The summed E-state index contributed by atoms with van der Waals surface area (Å²) in [7, 11) is 1.82. The quantitative estimate of drug-likeness (QED) is 0.291. The Bertz CT molecular complexity index is 1690. The van der Waals surface area contributed by atoms with Gasteiger partial charge < -0.3 is 25.0 Å². The number of benzene rings is 2. The van der Waals surface area contributed by atoms with Crippen molar-refractivity contribution in [3.05, 3.63) is 82.4 Å². The summed E-state index contributed by atoms with van der Waals surface area (Å²) in [6.45, 7) is 2.49. The van der Waals surface area contributed by atoms with Crippen molar-refractivity contribution in [2.24, 2.45) is 22.7 Å². The molecule has 3 N–H and O–H groups in total. The van der Waals surface area contributed by atoms with Crippen LogP contribution in [0.15, 0.2) is 71.2 Å². The molecule has 7 rings (SSSR count). The highest BCUT2D eigenvalue weighted by atomic mass is 35.5. The molecule has 0 bridgehead atoms. The largest absolute Gasteiger partial charge is 0.390 e. The van der Waals surface area contributed by atoms with Crippen LogP contribution >= 0.6 is 23.4 Å². The van der Waals surface area contributed by atoms with Crippen LogP contribution in [0.5, 0.6) is 0 Å². The molecule has 0 amide bonds. The molecule has 3 saturated carbocycles. The van der Waals surface area contributed by atoms with E-state index in [0.717, 1.165) is 22.2 Å². The highest BCUT2D eigenvalue weighted by Gasteiger charge is 2.80. The first-order valence-corrected chi connectivity index (χ1v) is 17.3. The monoisotopic (exact) mass is 685 g/mol. The Morgan fingerprint density at radius 2 is 1.89 bits per heavy atom. The summed E-state index contributed by atoms with van der Waals surface area (Å²) in [5.41, 5.74) is -4.05. The van der Waals surface area contributed by atoms with Gasteiger partial charge in [0, 0.05) is 40.0 Å². The maximum atomic E-state index is 17.6. The second-order valence-electron chi connectivity index (χ2n) is 13.9. The minimum absolute atomic E-state index is 0.0376.